The summed E-state index contributed by atoms with van der Waals surface area (Å²) in [6, 6.07) is 7.72. The molecule has 6 heteroatoms. The van der Waals surface area contributed by atoms with Gasteiger partial charge in [0.05, 0.1) is 12.2 Å². The van der Waals surface area contributed by atoms with Crippen LogP contribution in [0.25, 0.3) is 0 Å². The molecule has 2 aliphatic rings. The van der Waals surface area contributed by atoms with Crippen molar-refractivity contribution in [2.75, 3.05) is 44.6 Å². The van der Waals surface area contributed by atoms with Crippen LogP contribution in [-0.2, 0) is 9.53 Å². The molecule has 2 unspecified atom stereocenters. The van der Waals surface area contributed by atoms with E-state index in [-0.39, 0.29) is 5.91 Å². The molecule has 1 N–H and O–H groups in total. The number of carbonyl (C=O) groups is 1. The van der Waals surface area contributed by atoms with Crippen molar-refractivity contribution in [2.24, 2.45) is 5.92 Å². The van der Waals surface area contributed by atoms with E-state index >= 15 is 0 Å². The van der Waals surface area contributed by atoms with Gasteiger partial charge in [-0.15, -0.1) is 0 Å². The normalized spacial score (nSPS) is 25.4. The maximum atomic E-state index is 12.2. The molecule has 2 saturated heterocycles. The summed E-state index contributed by atoms with van der Waals surface area (Å²) in [6.45, 7) is 10.7. The monoisotopic (exact) mass is 437 g/mol. The van der Waals surface area contributed by atoms with Gasteiger partial charge >= 0.3 is 0 Å². The number of carbonyl (C=O) groups excluding carboxylic acids is 1. The van der Waals surface area contributed by atoms with Gasteiger partial charge in [-0.25, -0.2) is 0 Å². The van der Waals surface area contributed by atoms with Gasteiger partial charge in [0.1, 0.15) is 0 Å². The van der Waals surface area contributed by atoms with E-state index in [9.17, 15) is 4.79 Å². The summed E-state index contributed by atoms with van der Waals surface area (Å²) in [6.07, 6.45) is 3.71. The van der Waals surface area contributed by atoms with E-state index in [1.54, 1.807) is 0 Å². The van der Waals surface area contributed by atoms with Gasteiger partial charge in [-0.05, 0) is 70.0 Å². The Balaban J connectivity index is 1.33. The lowest BCUT2D eigenvalue weighted by Gasteiger charge is -2.39. The number of hydrogen-bond acceptors (Lipinski definition) is 4. The van der Waals surface area contributed by atoms with Gasteiger partial charge in [0.25, 0.3) is 0 Å². The summed E-state index contributed by atoms with van der Waals surface area (Å²) in [5, 5.41) is 2.97. The van der Waals surface area contributed by atoms with Gasteiger partial charge in [-0.3, -0.25) is 9.69 Å². The standard InChI is InChI=1S/C21H32BrN3O2/c1-16-13-25(14-17(2)27-16)15-18-7-10-24(11-8-18)12-9-21(26)23-20-5-3-19(22)4-6-20/h3-6,16-18H,7-15H2,1-2H3,(H,23,26). The maximum Gasteiger partial charge on any atom is 0.225 e. The lowest BCUT2D eigenvalue weighted by Crippen LogP contribution is -2.48. The van der Waals surface area contributed by atoms with Crippen molar-refractivity contribution in [2.45, 2.75) is 45.3 Å². The van der Waals surface area contributed by atoms with Crippen molar-refractivity contribution < 1.29 is 9.53 Å². The van der Waals surface area contributed by atoms with Crippen LogP contribution in [0.5, 0.6) is 0 Å². The van der Waals surface area contributed by atoms with E-state index in [1.807, 2.05) is 24.3 Å². The Morgan fingerprint density at radius 1 is 1.11 bits per heavy atom. The van der Waals surface area contributed by atoms with E-state index in [0.29, 0.717) is 18.6 Å². The molecule has 2 atom stereocenters. The molecule has 2 fully saturated rings. The number of piperidine rings is 1. The Morgan fingerprint density at radius 2 is 1.74 bits per heavy atom. The predicted octanol–water partition coefficient (Wildman–Crippen LogP) is 3.60. The van der Waals surface area contributed by atoms with Crippen LogP contribution in [0.1, 0.15) is 33.1 Å². The molecular weight excluding hydrogens is 406 g/mol. The minimum Gasteiger partial charge on any atom is -0.373 e. The third kappa shape index (κ3) is 6.86. The zero-order valence-electron chi connectivity index (χ0n) is 16.5. The van der Waals surface area contributed by atoms with Crippen LogP contribution in [0, 0.1) is 5.92 Å². The van der Waals surface area contributed by atoms with Crippen molar-refractivity contribution in [1.29, 1.82) is 0 Å². The second kappa shape index (κ2) is 10.0. The van der Waals surface area contributed by atoms with Crippen LogP contribution in [0.4, 0.5) is 5.69 Å². The number of benzene rings is 1. The van der Waals surface area contributed by atoms with Crippen LogP contribution in [0.3, 0.4) is 0 Å². The zero-order valence-corrected chi connectivity index (χ0v) is 18.1. The van der Waals surface area contributed by atoms with Crippen LogP contribution in [-0.4, -0.2) is 67.2 Å². The quantitative estimate of drug-likeness (QED) is 0.738. The highest BCUT2D eigenvalue weighted by Gasteiger charge is 2.26. The van der Waals surface area contributed by atoms with Gasteiger partial charge in [0.2, 0.25) is 5.91 Å². The average Bonchev–Trinajstić information content (AvgIpc) is 2.62. The molecular formula is C21H32BrN3O2. The highest BCUT2D eigenvalue weighted by Crippen LogP contribution is 2.21. The van der Waals surface area contributed by atoms with Gasteiger partial charge in [0, 0.05) is 42.8 Å². The smallest absolute Gasteiger partial charge is 0.225 e. The number of rotatable bonds is 6. The summed E-state index contributed by atoms with van der Waals surface area (Å²) < 4.78 is 6.85. The fraction of sp³-hybridized carbons (Fsp3) is 0.667. The summed E-state index contributed by atoms with van der Waals surface area (Å²) in [7, 11) is 0. The van der Waals surface area contributed by atoms with Gasteiger partial charge in [-0.1, -0.05) is 15.9 Å². The fourth-order valence-electron chi connectivity index (χ4n) is 4.21. The van der Waals surface area contributed by atoms with Crippen molar-refractivity contribution in [3.63, 3.8) is 0 Å². The minimum atomic E-state index is 0.0933. The van der Waals surface area contributed by atoms with Crippen molar-refractivity contribution in [3.8, 4) is 0 Å². The molecule has 0 aliphatic carbocycles. The number of morpholine rings is 1. The number of anilines is 1. The van der Waals surface area contributed by atoms with Crippen LogP contribution >= 0.6 is 15.9 Å². The van der Waals surface area contributed by atoms with Crippen LogP contribution in [0.2, 0.25) is 0 Å². The molecule has 0 saturated carbocycles. The van der Waals surface area contributed by atoms with Crippen molar-refractivity contribution in [1.82, 2.24) is 9.80 Å². The number of amides is 1. The number of ether oxygens (including phenoxy) is 1. The number of halogens is 1. The Hall–Kier alpha value is -0.950. The molecule has 5 nitrogen and oxygen atoms in total. The summed E-state index contributed by atoms with van der Waals surface area (Å²) in [4.78, 5) is 17.2. The van der Waals surface area contributed by atoms with Crippen molar-refractivity contribution in [3.05, 3.63) is 28.7 Å². The van der Waals surface area contributed by atoms with E-state index in [4.69, 9.17) is 4.74 Å². The number of likely N-dealkylation sites (tertiary alicyclic amines) is 1. The molecule has 1 aromatic carbocycles. The highest BCUT2D eigenvalue weighted by atomic mass is 79.9. The third-order valence-corrected chi connectivity index (χ3v) is 6.03. The van der Waals surface area contributed by atoms with Crippen molar-refractivity contribution >= 4 is 27.5 Å². The first-order valence-corrected chi connectivity index (χ1v) is 10.9. The first-order chi connectivity index (χ1) is 13.0. The molecule has 27 heavy (non-hydrogen) atoms. The molecule has 3 rings (SSSR count). The van der Waals surface area contributed by atoms with E-state index in [2.05, 4.69) is 44.9 Å². The third-order valence-electron chi connectivity index (χ3n) is 5.50. The molecule has 150 valence electrons. The zero-order chi connectivity index (χ0) is 19.2. The molecule has 0 aromatic heterocycles. The van der Waals surface area contributed by atoms with Gasteiger partial charge in [-0.2, -0.15) is 0 Å². The highest BCUT2D eigenvalue weighted by molar-refractivity contribution is 9.10. The number of nitrogens with zero attached hydrogens (tertiary/aromatic N) is 2. The average molecular weight is 438 g/mol. The lowest BCUT2D eigenvalue weighted by atomic mass is 9.95. The number of hydrogen-bond donors (Lipinski definition) is 1. The Labute approximate surface area is 171 Å². The Bertz CT molecular complexity index is 592. The predicted molar refractivity (Wildman–Crippen MR) is 113 cm³/mol. The lowest BCUT2D eigenvalue weighted by molar-refractivity contribution is -0.116. The number of nitrogens with one attached hydrogen (secondary N) is 1. The summed E-state index contributed by atoms with van der Waals surface area (Å²) >= 11 is 3.41. The Morgan fingerprint density at radius 3 is 2.37 bits per heavy atom. The van der Waals surface area contributed by atoms with E-state index in [0.717, 1.165) is 48.8 Å². The fourth-order valence-corrected chi connectivity index (χ4v) is 4.47. The SMILES string of the molecule is CC1CN(CC2CCN(CCC(=O)Nc3ccc(Br)cc3)CC2)CC(C)O1. The molecule has 2 heterocycles. The van der Waals surface area contributed by atoms with E-state index in [1.165, 1.54) is 19.4 Å². The maximum absolute atomic E-state index is 12.2. The first-order valence-electron chi connectivity index (χ1n) is 10.1. The molecule has 0 bridgehead atoms. The Kier molecular flexibility index (Phi) is 7.70. The summed E-state index contributed by atoms with van der Waals surface area (Å²) in [5.41, 5.74) is 0.857. The van der Waals surface area contributed by atoms with Crippen LogP contribution < -0.4 is 5.32 Å². The van der Waals surface area contributed by atoms with Gasteiger partial charge < -0.3 is 15.0 Å². The molecule has 0 radical (unpaired) electrons. The molecule has 2 aliphatic heterocycles. The molecule has 1 aromatic rings. The second-order valence-electron chi connectivity index (χ2n) is 8.07. The first kappa shape index (κ1) is 20.8. The van der Waals surface area contributed by atoms with Gasteiger partial charge in [0.15, 0.2) is 0 Å². The summed E-state index contributed by atoms with van der Waals surface area (Å²) in [5.74, 6) is 0.867. The minimum absolute atomic E-state index is 0.0933. The largest absolute Gasteiger partial charge is 0.373 e. The molecule has 0 spiro atoms. The van der Waals surface area contributed by atoms with Crippen LogP contribution in [0.15, 0.2) is 28.7 Å². The van der Waals surface area contributed by atoms with E-state index < -0.39 is 0 Å². The second-order valence-corrected chi connectivity index (χ2v) is 8.98. The topological polar surface area (TPSA) is 44.8 Å². The molecule has 1 amide bonds.